The Morgan fingerprint density at radius 3 is 1.38 bits per heavy atom. The van der Waals surface area contributed by atoms with Crippen molar-refractivity contribution in [3.63, 3.8) is 0 Å². The molecular formula is C45H53NO22. The van der Waals surface area contributed by atoms with Gasteiger partial charge >= 0.3 is 53.8 Å². The maximum absolute atomic E-state index is 13.4. The summed E-state index contributed by atoms with van der Waals surface area (Å²) in [5.74, 6) is -8.52. The van der Waals surface area contributed by atoms with Gasteiger partial charge in [-0.1, -0.05) is 48.5 Å². The molecule has 0 aromatic heterocycles. The lowest BCUT2D eigenvalue weighted by atomic mass is 9.96. The molecule has 2 aromatic carbocycles. The van der Waals surface area contributed by atoms with Crippen LogP contribution in [0.3, 0.4) is 0 Å². The van der Waals surface area contributed by atoms with Crippen LogP contribution in [0.15, 0.2) is 48.5 Å². The number of carbonyl (C=O) groups is 9. The zero-order valence-electron chi connectivity index (χ0n) is 38.3. The molecule has 0 unspecified atom stereocenters. The summed E-state index contributed by atoms with van der Waals surface area (Å²) in [5.41, 5.74) is 3.68. The van der Waals surface area contributed by atoms with Crippen molar-refractivity contribution in [2.24, 2.45) is 0 Å². The maximum atomic E-state index is 13.4. The van der Waals surface area contributed by atoms with Crippen LogP contribution in [0, 0.1) is 0 Å². The lowest BCUT2D eigenvalue weighted by molar-refractivity contribution is -0.372. The highest BCUT2D eigenvalue weighted by molar-refractivity contribution is 5.81. The first-order chi connectivity index (χ1) is 32.1. The molecule has 2 saturated heterocycles. The normalized spacial score (nSPS) is 25.9. The molecular weight excluding hydrogens is 906 g/mol. The summed E-state index contributed by atoms with van der Waals surface area (Å²) in [4.78, 5) is 113. The Kier molecular flexibility index (Phi) is 18.0. The van der Waals surface area contributed by atoms with Crippen LogP contribution in [0.4, 0.5) is 4.79 Å². The van der Waals surface area contributed by atoms with Crippen molar-refractivity contribution in [3.05, 3.63) is 59.7 Å². The van der Waals surface area contributed by atoms with Gasteiger partial charge in [-0.15, -0.1) is 0 Å². The molecule has 0 spiro atoms. The van der Waals surface area contributed by atoms with E-state index in [-0.39, 0.29) is 12.5 Å². The molecule has 0 bridgehead atoms. The number of aliphatic carboxylic acids is 1. The van der Waals surface area contributed by atoms with E-state index in [2.05, 4.69) is 5.32 Å². The summed E-state index contributed by atoms with van der Waals surface area (Å²) in [6, 6.07) is 13.2. The lowest BCUT2D eigenvalue weighted by Gasteiger charge is -2.49. The highest BCUT2D eigenvalue weighted by Crippen LogP contribution is 2.44. The Labute approximate surface area is 389 Å². The third-order valence-electron chi connectivity index (χ3n) is 10.6. The van der Waals surface area contributed by atoms with E-state index < -0.39 is 141 Å². The summed E-state index contributed by atoms with van der Waals surface area (Å²) < 4.78 is 68.4. The lowest BCUT2D eigenvalue weighted by Crippen LogP contribution is -2.67. The predicted octanol–water partition coefficient (Wildman–Crippen LogP) is 2.00. The van der Waals surface area contributed by atoms with Gasteiger partial charge in [0, 0.05) is 54.4 Å². The van der Waals surface area contributed by atoms with Gasteiger partial charge in [0.25, 0.3) is 0 Å². The van der Waals surface area contributed by atoms with Crippen LogP contribution in [-0.4, -0.2) is 152 Å². The monoisotopic (exact) mass is 959 g/mol. The number of rotatable bonds is 18. The van der Waals surface area contributed by atoms with E-state index in [4.69, 9.17) is 56.8 Å². The average molecular weight is 960 g/mol. The van der Waals surface area contributed by atoms with E-state index in [0.717, 1.165) is 70.7 Å². The van der Waals surface area contributed by atoms with Crippen molar-refractivity contribution < 1.29 is 105 Å². The van der Waals surface area contributed by atoms with Crippen LogP contribution >= 0.6 is 0 Å². The zero-order chi connectivity index (χ0) is 50.0. The highest BCUT2D eigenvalue weighted by Gasteiger charge is 2.58. The number of fused-ring (bicyclic) bond motifs is 3. The standard InChI is InChI=1S/C45H53NO22/c1-20(35(42(54)55)46-45(56)59-17-32-30-15-11-9-13-28(30)29-14-10-12-16-31(29)32)60-43-41(39(64-26(7)52)37(62-24(5)50)33(66-43)18-57-21(2)47)68-44-40(65-27(8)53)38(63-25(6)51)36(61-23(4)49)34(67-44)19-58-22(3)48/h9-16,20,32-41,43-44H,17-19H2,1-8H3,(H,46,56)(H,54,55)/t20-,33-,34-,35+,36-,37-,38+,39+,40+,41+,43+,44-/m1/s1. The number of hydrogen-bond acceptors (Lipinski definition) is 21. The van der Waals surface area contributed by atoms with Crippen LogP contribution in [0.2, 0.25) is 0 Å². The number of benzene rings is 2. The number of alkyl carbamates (subject to hydrolysis) is 1. The number of esters is 7. The van der Waals surface area contributed by atoms with Crippen molar-refractivity contribution in [2.75, 3.05) is 19.8 Å². The van der Waals surface area contributed by atoms with Gasteiger partial charge in [-0.2, -0.15) is 0 Å². The SMILES string of the molecule is CC(=O)OC[C@H]1O[C@H](O[C@@H]2[C@@H](O[C@H](C)[C@H](NC(=O)OCC3c4ccccc4-c4ccccc43)C(=O)O)O[C@H](COC(C)=O)[C@@H](OC(C)=O)[C@@H]2OC(C)=O)[C@@H](OC(C)=O)[C@@H](OC(C)=O)[C@@H]1OC(C)=O. The summed E-state index contributed by atoms with van der Waals surface area (Å²) in [6.45, 7) is 6.75. The Morgan fingerprint density at radius 2 is 0.941 bits per heavy atom. The molecule has 2 aromatic rings. The number of nitrogens with one attached hydrogen (secondary N) is 1. The first-order valence-corrected chi connectivity index (χ1v) is 21.2. The molecule has 2 aliphatic heterocycles. The minimum absolute atomic E-state index is 0.182. The number of carboxylic acid groups (broad SMARTS) is 1. The van der Waals surface area contributed by atoms with E-state index in [1.165, 1.54) is 6.92 Å². The van der Waals surface area contributed by atoms with Crippen molar-refractivity contribution in [1.29, 1.82) is 0 Å². The fraction of sp³-hybridized carbons (Fsp3) is 0.533. The van der Waals surface area contributed by atoms with Gasteiger partial charge in [-0.25, -0.2) is 9.59 Å². The molecule has 2 N–H and O–H groups in total. The minimum atomic E-state index is -2.00. The predicted molar refractivity (Wildman–Crippen MR) is 223 cm³/mol. The molecule has 12 atom stereocenters. The third kappa shape index (κ3) is 13.5. The summed E-state index contributed by atoms with van der Waals surface area (Å²) in [6.07, 6.45) is -20.5. The molecule has 0 saturated carbocycles. The van der Waals surface area contributed by atoms with Gasteiger partial charge in [-0.05, 0) is 29.2 Å². The summed E-state index contributed by atoms with van der Waals surface area (Å²) >= 11 is 0. The molecule has 2 heterocycles. The molecule has 0 radical (unpaired) electrons. The fourth-order valence-electron chi connectivity index (χ4n) is 8.02. The van der Waals surface area contributed by atoms with E-state index >= 15 is 0 Å². The van der Waals surface area contributed by atoms with E-state index in [9.17, 15) is 48.3 Å². The molecule has 23 nitrogen and oxygen atoms in total. The van der Waals surface area contributed by atoms with Crippen LogP contribution in [0.25, 0.3) is 11.1 Å². The van der Waals surface area contributed by atoms with Crippen molar-refractivity contribution in [1.82, 2.24) is 5.32 Å². The van der Waals surface area contributed by atoms with Gasteiger partial charge in [0.2, 0.25) is 0 Å². The molecule has 2 fully saturated rings. The average Bonchev–Trinajstić information content (AvgIpc) is 3.57. The van der Waals surface area contributed by atoms with Gasteiger partial charge in [-0.3, -0.25) is 33.6 Å². The molecule has 3 aliphatic rings. The van der Waals surface area contributed by atoms with Gasteiger partial charge in [0.05, 0.1) is 6.10 Å². The quantitative estimate of drug-likeness (QED) is 0.159. The van der Waals surface area contributed by atoms with Crippen molar-refractivity contribution in [2.45, 2.75) is 135 Å². The molecule has 370 valence electrons. The summed E-state index contributed by atoms with van der Waals surface area (Å²) in [5, 5.41) is 12.7. The van der Waals surface area contributed by atoms with E-state index in [1.807, 2.05) is 48.5 Å². The van der Waals surface area contributed by atoms with Crippen LogP contribution in [-0.2, 0) is 95.2 Å². The Morgan fingerprint density at radius 1 is 0.529 bits per heavy atom. The molecule has 1 amide bonds. The molecule has 68 heavy (non-hydrogen) atoms. The van der Waals surface area contributed by atoms with Gasteiger partial charge in [0.1, 0.15) is 32.0 Å². The van der Waals surface area contributed by atoms with E-state index in [1.54, 1.807) is 0 Å². The van der Waals surface area contributed by atoms with Gasteiger partial charge in [0.15, 0.2) is 55.2 Å². The Balaban J connectivity index is 1.52. The second-order valence-corrected chi connectivity index (χ2v) is 15.8. The summed E-state index contributed by atoms with van der Waals surface area (Å²) in [7, 11) is 0. The smallest absolute Gasteiger partial charge is 0.407 e. The zero-order valence-corrected chi connectivity index (χ0v) is 38.3. The van der Waals surface area contributed by atoms with Crippen molar-refractivity contribution >= 4 is 53.8 Å². The molecule has 1 aliphatic carbocycles. The molecule has 23 heteroatoms. The maximum Gasteiger partial charge on any atom is 0.407 e. The number of amides is 1. The first kappa shape index (κ1) is 52.3. The van der Waals surface area contributed by atoms with Crippen molar-refractivity contribution in [3.8, 4) is 11.1 Å². The topological polar surface area (TPSA) is 297 Å². The second-order valence-electron chi connectivity index (χ2n) is 15.8. The van der Waals surface area contributed by atoms with Gasteiger partial charge < -0.3 is 67.3 Å². The van der Waals surface area contributed by atoms with Crippen LogP contribution in [0.5, 0.6) is 0 Å². The molecule has 5 rings (SSSR count). The number of ether oxygens (including phenoxy) is 12. The second kappa shape index (κ2) is 23.4. The highest BCUT2D eigenvalue weighted by atomic mass is 16.8. The third-order valence-corrected chi connectivity index (χ3v) is 10.6. The fourth-order valence-corrected chi connectivity index (χ4v) is 8.02. The number of hydrogen-bond donors (Lipinski definition) is 2. The Hall–Kier alpha value is -6.69. The van der Waals surface area contributed by atoms with Crippen LogP contribution in [0.1, 0.15) is 72.4 Å². The minimum Gasteiger partial charge on any atom is -0.480 e. The first-order valence-electron chi connectivity index (χ1n) is 21.2. The number of carboxylic acids is 1. The Bertz CT molecular complexity index is 2170. The van der Waals surface area contributed by atoms with E-state index in [0.29, 0.717) is 0 Å². The number of carbonyl (C=O) groups excluding carboxylic acids is 8. The largest absolute Gasteiger partial charge is 0.480 e. The van der Waals surface area contributed by atoms with Crippen LogP contribution < -0.4 is 5.32 Å².